The molecule has 0 aliphatic heterocycles. The van der Waals surface area contributed by atoms with Gasteiger partial charge in [0.2, 0.25) is 0 Å². The maximum absolute atomic E-state index is 11.4. The number of ether oxygens (including phenoxy) is 1. The monoisotopic (exact) mass is 269 g/mol. The maximum atomic E-state index is 11.4. The fourth-order valence-electron chi connectivity index (χ4n) is 1.34. The highest BCUT2D eigenvalue weighted by atomic mass is 16.5. The van der Waals surface area contributed by atoms with E-state index in [2.05, 4.69) is 10.5 Å². The number of benzene rings is 1. The molecule has 0 saturated carbocycles. The third-order valence-electron chi connectivity index (χ3n) is 2.28. The SMILES string of the molecule is N#Cc1ccc(OCC(=O)NN=Cc2ccco2)cc1. The third-order valence-corrected chi connectivity index (χ3v) is 2.28. The molecule has 0 unspecified atom stereocenters. The number of hydrogen-bond acceptors (Lipinski definition) is 5. The minimum absolute atomic E-state index is 0.165. The van der Waals surface area contributed by atoms with E-state index in [0.717, 1.165) is 0 Å². The molecule has 1 N–H and O–H groups in total. The van der Waals surface area contributed by atoms with E-state index in [-0.39, 0.29) is 6.61 Å². The van der Waals surface area contributed by atoms with Crippen molar-refractivity contribution >= 4 is 12.1 Å². The second-order valence-corrected chi connectivity index (χ2v) is 3.73. The minimum Gasteiger partial charge on any atom is -0.484 e. The first-order chi connectivity index (χ1) is 9.78. The summed E-state index contributed by atoms with van der Waals surface area (Å²) in [5, 5.41) is 12.4. The number of amides is 1. The predicted octanol–water partition coefficient (Wildman–Crippen LogP) is 1.68. The van der Waals surface area contributed by atoms with Gasteiger partial charge >= 0.3 is 0 Å². The second kappa shape index (κ2) is 6.75. The highest BCUT2D eigenvalue weighted by molar-refractivity contribution is 5.81. The molecule has 0 aliphatic rings. The number of nitrogens with one attached hydrogen (secondary N) is 1. The zero-order chi connectivity index (χ0) is 14.2. The van der Waals surface area contributed by atoms with Crippen molar-refractivity contribution in [2.75, 3.05) is 6.61 Å². The first kappa shape index (κ1) is 13.4. The van der Waals surface area contributed by atoms with Crippen LogP contribution in [0.25, 0.3) is 0 Å². The van der Waals surface area contributed by atoms with Gasteiger partial charge in [-0.2, -0.15) is 10.4 Å². The Morgan fingerprint density at radius 1 is 1.40 bits per heavy atom. The van der Waals surface area contributed by atoms with Crippen molar-refractivity contribution in [2.24, 2.45) is 5.10 Å². The predicted molar refractivity (Wildman–Crippen MR) is 71.1 cm³/mol. The average Bonchev–Trinajstić information content (AvgIpc) is 2.99. The molecule has 1 aromatic carbocycles. The molecule has 0 saturated heterocycles. The molecule has 1 amide bonds. The lowest BCUT2D eigenvalue weighted by Gasteiger charge is -2.04. The Labute approximate surface area is 115 Å². The van der Waals surface area contributed by atoms with Crippen LogP contribution in [0.2, 0.25) is 0 Å². The number of rotatable bonds is 5. The smallest absolute Gasteiger partial charge is 0.277 e. The number of carbonyl (C=O) groups excluding carboxylic acids is 1. The van der Waals surface area contributed by atoms with Gasteiger partial charge in [0.1, 0.15) is 11.5 Å². The number of nitrogens with zero attached hydrogens (tertiary/aromatic N) is 2. The molecule has 1 heterocycles. The molecular formula is C14H11N3O3. The standard InChI is InChI=1S/C14H11N3O3/c15-8-11-3-5-12(6-4-11)20-10-14(18)17-16-9-13-2-1-7-19-13/h1-7,9H,10H2,(H,17,18). The van der Waals surface area contributed by atoms with E-state index in [1.54, 1.807) is 36.4 Å². The Bertz CT molecular complexity index is 625. The molecule has 0 spiro atoms. The summed E-state index contributed by atoms with van der Waals surface area (Å²) in [7, 11) is 0. The number of nitriles is 1. The van der Waals surface area contributed by atoms with Crippen molar-refractivity contribution in [1.29, 1.82) is 5.26 Å². The van der Waals surface area contributed by atoms with E-state index in [4.69, 9.17) is 14.4 Å². The Morgan fingerprint density at radius 2 is 2.20 bits per heavy atom. The van der Waals surface area contributed by atoms with Crippen LogP contribution in [0, 0.1) is 11.3 Å². The molecule has 2 aromatic rings. The summed E-state index contributed by atoms with van der Waals surface area (Å²) in [6.45, 7) is -0.165. The Hall–Kier alpha value is -3.07. The molecule has 0 fully saturated rings. The Kier molecular flexibility index (Phi) is 4.51. The molecule has 1 aromatic heterocycles. The van der Waals surface area contributed by atoms with Crippen molar-refractivity contribution in [2.45, 2.75) is 0 Å². The molecule has 100 valence electrons. The largest absolute Gasteiger partial charge is 0.484 e. The van der Waals surface area contributed by atoms with Crippen LogP contribution in [0.15, 0.2) is 52.2 Å². The Morgan fingerprint density at radius 3 is 2.85 bits per heavy atom. The topological polar surface area (TPSA) is 87.6 Å². The van der Waals surface area contributed by atoms with Crippen LogP contribution < -0.4 is 10.2 Å². The quantitative estimate of drug-likeness (QED) is 0.660. The molecule has 6 nitrogen and oxygen atoms in total. The molecule has 0 aliphatic carbocycles. The normalized spacial score (nSPS) is 10.2. The van der Waals surface area contributed by atoms with E-state index < -0.39 is 5.91 Å². The van der Waals surface area contributed by atoms with Crippen LogP contribution in [0.4, 0.5) is 0 Å². The lowest BCUT2D eigenvalue weighted by molar-refractivity contribution is -0.123. The van der Waals surface area contributed by atoms with Gasteiger partial charge < -0.3 is 9.15 Å². The zero-order valence-electron chi connectivity index (χ0n) is 10.4. The Balaban J connectivity index is 1.76. The highest BCUT2D eigenvalue weighted by Crippen LogP contribution is 2.11. The molecule has 0 atom stereocenters. The summed E-state index contributed by atoms with van der Waals surface area (Å²) in [6, 6.07) is 11.9. The highest BCUT2D eigenvalue weighted by Gasteiger charge is 2.01. The van der Waals surface area contributed by atoms with Gasteiger partial charge in [-0.3, -0.25) is 4.79 Å². The van der Waals surface area contributed by atoms with E-state index in [9.17, 15) is 4.79 Å². The van der Waals surface area contributed by atoms with Gasteiger partial charge in [0, 0.05) is 0 Å². The number of hydrogen-bond donors (Lipinski definition) is 1. The fraction of sp³-hybridized carbons (Fsp3) is 0.0714. The molecule has 2 rings (SSSR count). The van der Waals surface area contributed by atoms with Gasteiger partial charge in [-0.25, -0.2) is 5.43 Å². The summed E-state index contributed by atoms with van der Waals surface area (Å²) < 4.78 is 10.2. The van der Waals surface area contributed by atoms with Crippen LogP contribution in [0.5, 0.6) is 5.75 Å². The van der Waals surface area contributed by atoms with Gasteiger partial charge in [-0.05, 0) is 36.4 Å². The van der Waals surface area contributed by atoms with E-state index >= 15 is 0 Å². The van der Waals surface area contributed by atoms with Gasteiger partial charge in [0.15, 0.2) is 6.61 Å². The van der Waals surface area contributed by atoms with Gasteiger partial charge in [0.25, 0.3) is 5.91 Å². The van der Waals surface area contributed by atoms with Crippen molar-refractivity contribution in [3.8, 4) is 11.8 Å². The van der Waals surface area contributed by atoms with Crippen LogP contribution in [0.3, 0.4) is 0 Å². The summed E-state index contributed by atoms with van der Waals surface area (Å²) in [4.78, 5) is 11.4. The molecular weight excluding hydrogens is 258 g/mol. The van der Waals surface area contributed by atoms with Crippen LogP contribution in [0.1, 0.15) is 11.3 Å². The maximum Gasteiger partial charge on any atom is 0.277 e. The average molecular weight is 269 g/mol. The molecule has 0 bridgehead atoms. The minimum atomic E-state index is -0.392. The van der Waals surface area contributed by atoms with Crippen molar-refractivity contribution < 1.29 is 13.9 Å². The first-order valence-electron chi connectivity index (χ1n) is 5.76. The number of hydrazone groups is 1. The lowest BCUT2D eigenvalue weighted by Crippen LogP contribution is -2.24. The summed E-state index contributed by atoms with van der Waals surface area (Å²) in [5.41, 5.74) is 2.84. The van der Waals surface area contributed by atoms with Crippen molar-refractivity contribution in [3.05, 3.63) is 54.0 Å². The summed E-state index contributed by atoms with van der Waals surface area (Å²) >= 11 is 0. The van der Waals surface area contributed by atoms with E-state index in [1.807, 2.05) is 6.07 Å². The zero-order valence-corrected chi connectivity index (χ0v) is 10.4. The number of carbonyl (C=O) groups is 1. The van der Waals surface area contributed by atoms with E-state index in [0.29, 0.717) is 17.1 Å². The van der Waals surface area contributed by atoms with Crippen molar-refractivity contribution in [3.63, 3.8) is 0 Å². The third kappa shape index (κ3) is 3.99. The van der Waals surface area contributed by atoms with E-state index in [1.165, 1.54) is 12.5 Å². The van der Waals surface area contributed by atoms with Gasteiger partial charge in [0.05, 0.1) is 24.1 Å². The molecule has 20 heavy (non-hydrogen) atoms. The van der Waals surface area contributed by atoms with Crippen molar-refractivity contribution in [1.82, 2.24) is 5.43 Å². The van der Waals surface area contributed by atoms with Crippen LogP contribution in [-0.2, 0) is 4.79 Å². The fourth-order valence-corrected chi connectivity index (χ4v) is 1.34. The van der Waals surface area contributed by atoms with Gasteiger partial charge in [-0.1, -0.05) is 0 Å². The first-order valence-corrected chi connectivity index (χ1v) is 5.76. The second-order valence-electron chi connectivity index (χ2n) is 3.73. The number of furan rings is 1. The summed E-state index contributed by atoms with van der Waals surface area (Å²) in [5.74, 6) is 0.657. The molecule has 0 radical (unpaired) electrons. The summed E-state index contributed by atoms with van der Waals surface area (Å²) in [6.07, 6.45) is 2.90. The van der Waals surface area contributed by atoms with Gasteiger partial charge in [-0.15, -0.1) is 0 Å². The molecule has 6 heteroatoms. The lowest BCUT2D eigenvalue weighted by atomic mass is 10.2. The van der Waals surface area contributed by atoms with Crippen LogP contribution >= 0.6 is 0 Å². The van der Waals surface area contributed by atoms with Crippen LogP contribution in [-0.4, -0.2) is 18.7 Å².